The van der Waals surface area contributed by atoms with Gasteiger partial charge in [0.2, 0.25) is 0 Å². The van der Waals surface area contributed by atoms with E-state index in [2.05, 4.69) is 10.4 Å². The van der Waals surface area contributed by atoms with E-state index in [9.17, 15) is 13.2 Å². The fourth-order valence-corrected chi connectivity index (χ4v) is 1.61. The standard InChI is InChI=1S/C12H12F3N3/c1-8-6-7-9(2)18(8)17-11-5-3-4-10(16-11)12(13,14)15/h3-7H,1-2H3,(H,16,17). The first kappa shape index (κ1) is 12.5. The molecule has 2 aromatic heterocycles. The average Bonchev–Trinajstić information content (AvgIpc) is 2.60. The minimum atomic E-state index is -4.43. The summed E-state index contributed by atoms with van der Waals surface area (Å²) in [6.07, 6.45) is -4.43. The monoisotopic (exact) mass is 255 g/mol. The van der Waals surface area contributed by atoms with Gasteiger partial charge in [0, 0.05) is 11.4 Å². The minimum absolute atomic E-state index is 0.159. The number of alkyl halides is 3. The molecular weight excluding hydrogens is 243 g/mol. The fraction of sp³-hybridized carbons (Fsp3) is 0.250. The third-order valence-corrected chi connectivity index (χ3v) is 2.54. The highest BCUT2D eigenvalue weighted by Gasteiger charge is 2.32. The van der Waals surface area contributed by atoms with Gasteiger partial charge in [0.25, 0.3) is 0 Å². The molecular formula is C12H12F3N3. The maximum atomic E-state index is 12.5. The molecule has 1 N–H and O–H groups in total. The zero-order valence-electron chi connectivity index (χ0n) is 9.92. The van der Waals surface area contributed by atoms with E-state index in [0.29, 0.717) is 0 Å². The number of nitrogens with zero attached hydrogens (tertiary/aromatic N) is 2. The highest BCUT2D eigenvalue weighted by molar-refractivity contribution is 5.37. The topological polar surface area (TPSA) is 29.9 Å². The van der Waals surface area contributed by atoms with Crippen LogP contribution in [0.4, 0.5) is 19.0 Å². The summed E-state index contributed by atoms with van der Waals surface area (Å²) in [5.41, 5.74) is 3.72. The van der Waals surface area contributed by atoms with Gasteiger partial charge in [-0.05, 0) is 38.1 Å². The molecule has 2 heterocycles. The van der Waals surface area contributed by atoms with E-state index in [-0.39, 0.29) is 5.82 Å². The van der Waals surface area contributed by atoms with E-state index in [1.807, 2.05) is 26.0 Å². The molecule has 0 aromatic carbocycles. The average molecular weight is 255 g/mol. The second-order valence-electron chi connectivity index (χ2n) is 3.97. The second kappa shape index (κ2) is 4.36. The van der Waals surface area contributed by atoms with E-state index >= 15 is 0 Å². The van der Waals surface area contributed by atoms with Crippen LogP contribution < -0.4 is 5.43 Å². The number of hydrogen-bond acceptors (Lipinski definition) is 2. The zero-order chi connectivity index (χ0) is 13.3. The van der Waals surface area contributed by atoms with E-state index < -0.39 is 11.9 Å². The Bertz CT molecular complexity index is 538. The van der Waals surface area contributed by atoms with Gasteiger partial charge >= 0.3 is 6.18 Å². The van der Waals surface area contributed by atoms with E-state index in [1.54, 1.807) is 4.68 Å². The number of pyridine rings is 1. The van der Waals surface area contributed by atoms with Crippen molar-refractivity contribution < 1.29 is 13.2 Å². The molecule has 0 radical (unpaired) electrons. The van der Waals surface area contributed by atoms with Crippen LogP contribution in [0.1, 0.15) is 17.1 Å². The van der Waals surface area contributed by atoms with Gasteiger partial charge in [0.05, 0.1) is 0 Å². The van der Waals surface area contributed by atoms with Crippen molar-refractivity contribution in [1.29, 1.82) is 0 Å². The molecule has 0 fully saturated rings. The van der Waals surface area contributed by atoms with Crippen molar-refractivity contribution >= 4 is 5.82 Å². The Morgan fingerprint density at radius 2 is 1.67 bits per heavy atom. The fourth-order valence-electron chi connectivity index (χ4n) is 1.61. The molecule has 2 aromatic rings. The second-order valence-corrected chi connectivity index (χ2v) is 3.97. The Morgan fingerprint density at radius 3 is 2.22 bits per heavy atom. The Balaban J connectivity index is 2.31. The third kappa shape index (κ3) is 2.47. The number of aromatic nitrogens is 2. The van der Waals surface area contributed by atoms with Crippen molar-refractivity contribution in [3.05, 3.63) is 47.4 Å². The van der Waals surface area contributed by atoms with Crippen LogP contribution in [-0.4, -0.2) is 9.66 Å². The smallest absolute Gasteiger partial charge is 0.278 e. The molecule has 0 aliphatic heterocycles. The minimum Gasteiger partial charge on any atom is -0.278 e. The van der Waals surface area contributed by atoms with Gasteiger partial charge in [-0.2, -0.15) is 13.2 Å². The van der Waals surface area contributed by atoms with Crippen LogP contribution in [-0.2, 0) is 6.18 Å². The molecule has 0 aliphatic carbocycles. The van der Waals surface area contributed by atoms with Gasteiger partial charge in [-0.15, -0.1) is 0 Å². The molecule has 3 nitrogen and oxygen atoms in total. The maximum absolute atomic E-state index is 12.5. The lowest BCUT2D eigenvalue weighted by Crippen LogP contribution is -2.15. The predicted octanol–water partition coefficient (Wildman–Crippen LogP) is 3.39. The van der Waals surface area contributed by atoms with Gasteiger partial charge in [0.1, 0.15) is 11.5 Å². The van der Waals surface area contributed by atoms with Crippen LogP contribution in [0, 0.1) is 13.8 Å². The molecule has 0 amide bonds. The van der Waals surface area contributed by atoms with Gasteiger partial charge in [-0.25, -0.2) is 4.98 Å². The lowest BCUT2D eigenvalue weighted by molar-refractivity contribution is -0.141. The summed E-state index contributed by atoms with van der Waals surface area (Å²) in [7, 11) is 0. The molecule has 0 saturated carbocycles. The third-order valence-electron chi connectivity index (χ3n) is 2.54. The van der Waals surface area contributed by atoms with Crippen LogP contribution in [0.25, 0.3) is 0 Å². The molecule has 18 heavy (non-hydrogen) atoms. The van der Waals surface area contributed by atoms with Gasteiger partial charge < -0.3 is 0 Å². The first-order valence-corrected chi connectivity index (χ1v) is 5.34. The number of rotatable bonds is 2. The number of hydrogen-bond donors (Lipinski definition) is 1. The predicted molar refractivity (Wildman–Crippen MR) is 62.2 cm³/mol. The molecule has 0 spiro atoms. The van der Waals surface area contributed by atoms with E-state index in [1.165, 1.54) is 12.1 Å². The first-order valence-electron chi connectivity index (χ1n) is 5.34. The van der Waals surface area contributed by atoms with Crippen LogP contribution in [0.15, 0.2) is 30.3 Å². The van der Waals surface area contributed by atoms with Gasteiger partial charge in [-0.3, -0.25) is 10.1 Å². The molecule has 0 saturated heterocycles. The molecule has 0 unspecified atom stereocenters. The van der Waals surface area contributed by atoms with Gasteiger partial charge in [0.15, 0.2) is 0 Å². The maximum Gasteiger partial charge on any atom is 0.433 e. The highest BCUT2D eigenvalue weighted by atomic mass is 19.4. The van der Waals surface area contributed by atoms with Crippen LogP contribution in [0.5, 0.6) is 0 Å². The molecule has 0 aliphatic rings. The summed E-state index contributed by atoms with van der Waals surface area (Å²) >= 11 is 0. The van der Waals surface area contributed by atoms with Crippen molar-refractivity contribution in [2.45, 2.75) is 20.0 Å². The quantitative estimate of drug-likeness (QED) is 0.891. The number of nitrogens with one attached hydrogen (secondary N) is 1. The van der Waals surface area contributed by atoms with Crippen LogP contribution >= 0.6 is 0 Å². The summed E-state index contributed by atoms with van der Waals surface area (Å²) in [4.78, 5) is 3.54. The van der Waals surface area contributed by atoms with Crippen molar-refractivity contribution in [3.63, 3.8) is 0 Å². The normalized spacial score (nSPS) is 11.6. The Labute approximate surface area is 102 Å². The number of halogens is 3. The largest absolute Gasteiger partial charge is 0.433 e. The molecule has 0 bridgehead atoms. The zero-order valence-corrected chi connectivity index (χ0v) is 9.92. The summed E-state index contributed by atoms with van der Waals surface area (Å²) in [5.74, 6) is 0.159. The summed E-state index contributed by atoms with van der Waals surface area (Å²) in [6.45, 7) is 3.71. The molecule has 0 atom stereocenters. The molecule has 2 rings (SSSR count). The van der Waals surface area contributed by atoms with E-state index in [4.69, 9.17) is 0 Å². The van der Waals surface area contributed by atoms with Crippen molar-refractivity contribution in [3.8, 4) is 0 Å². The van der Waals surface area contributed by atoms with Crippen molar-refractivity contribution in [2.75, 3.05) is 5.43 Å². The first-order chi connectivity index (χ1) is 8.38. The lowest BCUT2D eigenvalue weighted by Gasteiger charge is -2.13. The number of anilines is 1. The molecule has 96 valence electrons. The Morgan fingerprint density at radius 1 is 1.06 bits per heavy atom. The number of aryl methyl sites for hydroxylation is 2. The van der Waals surface area contributed by atoms with E-state index in [0.717, 1.165) is 17.5 Å². The summed E-state index contributed by atoms with van der Waals surface area (Å²) in [6, 6.07) is 7.51. The lowest BCUT2D eigenvalue weighted by atomic mass is 10.3. The SMILES string of the molecule is Cc1ccc(C)n1Nc1cccc(C(F)(F)F)n1. The summed E-state index contributed by atoms with van der Waals surface area (Å²) in [5, 5.41) is 0. The van der Waals surface area contributed by atoms with Crippen molar-refractivity contribution in [1.82, 2.24) is 9.66 Å². The van der Waals surface area contributed by atoms with Crippen molar-refractivity contribution in [2.24, 2.45) is 0 Å². The Hall–Kier alpha value is -1.98. The highest BCUT2D eigenvalue weighted by Crippen LogP contribution is 2.28. The molecule has 6 heteroatoms. The van der Waals surface area contributed by atoms with Crippen LogP contribution in [0.3, 0.4) is 0 Å². The summed E-state index contributed by atoms with van der Waals surface area (Å²) < 4.78 is 39.2. The van der Waals surface area contributed by atoms with Crippen LogP contribution in [0.2, 0.25) is 0 Å². The Kier molecular flexibility index (Phi) is 3.02. The van der Waals surface area contributed by atoms with Gasteiger partial charge in [-0.1, -0.05) is 6.07 Å².